The molecule has 8 heteroatoms. The zero-order valence-electron chi connectivity index (χ0n) is 12.9. The average Bonchev–Trinajstić information content (AvgIpc) is 2.96. The van der Waals surface area contributed by atoms with E-state index in [0.29, 0.717) is 17.0 Å². The van der Waals surface area contributed by atoms with Crippen LogP contribution < -0.4 is 10.5 Å². The zero-order chi connectivity index (χ0) is 17.3. The van der Waals surface area contributed by atoms with Crippen molar-refractivity contribution in [1.82, 2.24) is 10.2 Å². The van der Waals surface area contributed by atoms with Gasteiger partial charge in [0.15, 0.2) is 0 Å². The number of H-pyrrole nitrogens is 1. The maximum Gasteiger partial charge on any atom is 0.269 e. The van der Waals surface area contributed by atoms with Gasteiger partial charge in [-0.25, -0.2) is 0 Å². The highest BCUT2D eigenvalue weighted by molar-refractivity contribution is 5.56. The van der Waals surface area contributed by atoms with Gasteiger partial charge in [0.1, 0.15) is 11.6 Å². The number of aromatic nitrogens is 2. The van der Waals surface area contributed by atoms with Crippen LogP contribution in [0.1, 0.15) is 36.1 Å². The Morgan fingerprint density at radius 1 is 1.54 bits per heavy atom. The number of rotatable bonds is 4. The summed E-state index contributed by atoms with van der Waals surface area (Å²) < 4.78 is 5.45. The summed E-state index contributed by atoms with van der Waals surface area (Å²) in [4.78, 5) is 10.6. The average molecular weight is 325 g/mol. The minimum absolute atomic E-state index is 0.0314. The summed E-state index contributed by atoms with van der Waals surface area (Å²) in [6.45, 7) is 2.02. The quantitative estimate of drug-likeness (QED) is 0.656. The lowest BCUT2D eigenvalue weighted by Gasteiger charge is -2.23. The number of hydrogen-bond acceptors (Lipinski definition) is 6. The number of nitriles is 1. The second kappa shape index (κ2) is 6.04. The van der Waals surface area contributed by atoms with Crippen molar-refractivity contribution in [2.24, 2.45) is 5.73 Å². The van der Waals surface area contributed by atoms with E-state index >= 15 is 0 Å². The van der Waals surface area contributed by atoms with Crippen LogP contribution >= 0.6 is 0 Å². The first-order valence-electron chi connectivity index (χ1n) is 7.45. The lowest BCUT2D eigenvalue weighted by molar-refractivity contribution is -0.384. The SMILES string of the molecule is CCCc1[nH]nc2c1C(c1cccc([N+](=O)[O-])c1)C(C#N)=C(N)O2. The van der Waals surface area contributed by atoms with Gasteiger partial charge in [0.25, 0.3) is 5.69 Å². The first-order valence-corrected chi connectivity index (χ1v) is 7.45. The van der Waals surface area contributed by atoms with Crippen LogP contribution in [0.15, 0.2) is 35.7 Å². The van der Waals surface area contributed by atoms with Gasteiger partial charge in [-0.2, -0.15) is 5.26 Å². The van der Waals surface area contributed by atoms with Crippen molar-refractivity contribution in [1.29, 1.82) is 5.26 Å². The Balaban J connectivity index is 2.21. The first kappa shape index (κ1) is 15.6. The van der Waals surface area contributed by atoms with E-state index in [1.165, 1.54) is 12.1 Å². The number of nitro benzene ring substituents is 1. The molecular formula is C16H15N5O3. The third-order valence-corrected chi connectivity index (χ3v) is 3.93. The molecule has 2 aromatic rings. The van der Waals surface area contributed by atoms with E-state index in [4.69, 9.17) is 10.5 Å². The van der Waals surface area contributed by atoms with Crippen LogP contribution in [-0.2, 0) is 6.42 Å². The van der Waals surface area contributed by atoms with Gasteiger partial charge >= 0.3 is 0 Å². The number of fused-ring (bicyclic) bond motifs is 1. The van der Waals surface area contributed by atoms with Gasteiger partial charge in [-0.15, -0.1) is 5.10 Å². The van der Waals surface area contributed by atoms with Crippen LogP contribution in [0.3, 0.4) is 0 Å². The largest absolute Gasteiger partial charge is 0.420 e. The van der Waals surface area contributed by atoms with Crippen LogP contribution in [0.5, 0.6) is 5.88 Å². The molecule has 1 atom stereocenters. The number of non-ortho nitro benzene ring substituents is 1. The van der Waals surface area contributed by atoms with Crippen LogP contribution in [-0.4, -0.2) is 15.1 Å². The molecule has 1 aliphatic rings. The lowest BCUT2D eigenvalue weighted by atomic mass is 9.83. The van der Waals surface area contributed by atoms with Crippen LogP contribution in [0.4, 0.5) is 5.69 Å². The minimum atomic E-state index is -0.543. The third kappa shape index (κ3) is 2.46. The Labute approximate surface area is 137 Å². The van der Waals surface area contributed by atoms with Gasteiger partial charge in [-0.05, 0) is 12.0 Å². The van der Waals surface area contributed by atoms with E-state index in [0.717, 1.165) is 18.5 Å². The van der Waals surface area contributed by atoms with E-state index < -0.39 is 10.8 Å². The molecule has 1 unspecified atom stereocenters. The van der Waals surface area contributed by atoms with E-state index in [9.17, 15) is 15.4 Å². The molecule has 0 spiro atoms. The lowest BCUT2D eigenvalue weighted by Crippen LogP contribution is -2.21. The first-order chi connectivity index (χ1) is 11.6. The Bertz CT molecular complexity index is 878. The van der Waals surface area contributed by atoms with Gasteiger partial charge in [-0.1, -0.05) is 25.5 Å². The highest BCUT2D eigenvalue weighted by Crippen LogP contribution is 2.43. The van der Waals surface area contributed by atoms with E-state index in [-0.39, 0.29) is 17.1 Å². The van der Waals surface area contributed by atoms with Crippen molar-refractivity contribution in [3.05, 3.63) is 62.7 Å². The molecule has 0 saturated carbocycles. The number of nitrogens with zero attached hydrogens (tertiary/aromatic N) is 3. The van der Waals surface area contributed by atoms with Gasteiger partial charge in [0.2, 0.25) is 11.8 Å². The van der Waals surface area contributed by atoms with Crippen LogP contribution in [0.25, 0.3) is 0 Å². The smallest absolute Gasteiger partial charge is 0.269 e. The number of nitro groups is 1. The molecule has 0 amide bonds. The Morgan fingerprint density at radius 2 is 2.33 bits per heavy atom. The molecule has 3 N–H and O–H groups in total. The van der Waals surface area contributed by atoms with Crippen molar-refractivity contribution in [2.45, 2.75) is 25.7 Å². The summed E-state index contributed by atoms with van der Waals surface area (Å²) >= 11 is 0. The molecule has 1 aromatic heterocycles. The Hall–Kier alpha value is -3.34. The summed E-state index contributed by atoms with van der Waals surface area (Å²) in [6, 6.07) is 8.26. The molecule has 0 saturated heterocycles. The fraction of sp³-hybridized carbons (Fsp3) is 0.250. The normalized spacial score (nSPS) is 16.2. The molecule has 8 nitrogen and oxygen atoms in total. The van der Waals surface area contributed by atoms with Crippen LogP contribution in [0.2, 0.25) is 0 Å². The summed E-state index contributed by atoms with van der Waals surface area (Å²) in [5.74, 6) is -0.263. The summed E-state index contributed by atoms with van der Waals surface area (Å²) in [5.41, 5.74) is 8.19. The monoisotopic (exact) mass is 325 g/mol. The molecular weight excluding hydrogens is 310 g/mol. The van der Waals surface area contributed by atoms with Gasteiger partial charge < -0.3 is 10.5 Å². The maximum atomic E-state index is 11.1. The third-order valence-electron chi connectivity index (χ3n) is 3.93. The molecule has 3 rings (SSSR count). The molecule has 0 fully saturated rings. The Kier molecular flexibility index (Phi) is 3.92. The minimum Gasteiger partial charge on any atom is -0.420 e. The van der Waals surface area contributed by atoms with Crippen molar-refractivity contribution < 1.29 is 9.66 Å². The topological polar surface area (TPSA) is 131 Å². The number of benzene rings is 1. The number of ether oxygens (including phenoxy) is 1. The number of nitrogens with one attached hydrogen (secondary N) is 1. The van der Waals surface area contributed by atoms with Crippen LogP contribution in [0, 0.1) is 21.4 Å². The van der Waals surface area contributed by atoms with Gasteiger partial charge in [-0.3, -0.25) is 15.2 Å². The predicted molar refractivity (Wildman–Crippen MR) is 85.0 cm³/mol. The predicted octanol–water partition coefficient (Wildman–Crippen LogP) is 2.49. The van der Waals surface area contributed by atoms with Gasteiger partial charge in [0, 0.05) is 23.4 Å². The number of hydrogen-bond donors (Lipinski definition) is 2. The van der Waals surface area contributed by atoms with E-state index in [1.54, 1.807) is 12.1 Å². The molecule has 1 aromatic carbocycles. The zero-order valence-corrected chi connectivity index (χ0v) is 12.9. The standard InChI is InChI=1S/C16H15N5O3/c1-2-4-12-14-13(9-5-3-6-10(7-9)21(22)23)11(8-17)15(18)24-16(14)20-19-12/h3,5-7,13H,2,4,18H2,1H3,(H,19,20). The molecule has 0 bridgehead atoms. The summed E-state index contributed by atoms with van der Waals surface area (Å²) in [5, 5.41) is 27.6. The molecule has 2 heterocycles. The highest BCUT2D eigenvalue weighted by atomic mass is 16.6. The fourth-order valence-electron chi connectivity index (χ4n) is 2.90. The molecule has 0 radical (unpaired) electrons. The second-order valence-corrected chi connectivity index (χ2v) is 5.45. The van der Waals surface area contributed by atoms with Crippen molar-refractivity contribution in [3.8, 4) is 11.9 Å². The van der Waals surface area contributed by atoms with E-state index in [2.05, 4.69) is 16.3 Å². The molecule has 1 aliphatic heterocycles. The highest BCUT2D eigenvalue weighted by Gasteiger charge is 2.35. The number of aryl methyl sites for hydroxylation is 1. The molecule has 0 aliphatic carbocycles. The van der Waals surface area contributed by atoms with E-state index in [1.807, 2.05) is 6.92 Å². The second-order valence-electron chi connectivity index (χ2n) is 5.45. The van der Waals surface area contributed by atoms with Crippen molar-refractivity contribution in [3.63, 3.8) is 0 Å². The van der Waals surface area contributed by atoms with Crippen molar-refractivity contribution in [2.75, 3.05) is 0 Å². The summed E-state index contributed by atoms with van der Waals surface area (Å²) in [6.07, 6.45) is 1.59. The number of aromatic amines is 1. The van der Waals surface area contributed by atoms with Gasteiger partial charge in [0.05, 0.1) is 10.8 Å². The number of nitrogens with two attached hydrogens (primary N) is 1. The van der Waals surface area contributed by atoms with Crippen molar-refractivity contribution >= 4 is 5.69 Å². The summed E-state index contributed by atoms with van der Waals surface area (Å²) in [7, 11) is 0. The fourth-order valence-corrected chi connectivity index (χ4v) is 2.90. The number of allylic oxidation sites excluding steroid dienone is 1. The maximum absolute atomic E-state index is 11.1. The molecule has 122 valence electrons. The molecule has 24 heavy (non-hydrogen) atoms. The Morgan fingerprint density at radius 3 is 3.00 bits per heavy atom.